The fraction of sp³-hybridized carbons (Fsp3) is 0.931. The van der Waals surface area contributed by atoms with Gasteiger partial charge >= 0.3 is 5.97 Å². The van der Waals surface area contributed by atoms with E-state index in [1.54, 1.807) is 0 Å². The number of carbonyl (C=O) groups excluding carboxylic acids is 2. The highest BCUT2D eigenvalue weighted by molar-refractivity contribution is 6.04. The number of ketones is 1. The summed E-state index contributed by atoms with van der Waals surface area (Å²) in [4.78, 5) is 25.7. The Balaban J connectivity index is 1.39. The molecule has 3 rings (SSSR count). The molecule has 0 N–H and O–H groups in total. The normalized spacial score (nSPS) is 36.1. The first-order chi connectivity index (χ1) is 15.5. The van der Waals surface area contributed by atoms with Gasteiger partial charge in [0.25, 0.3) is 0 Å². The van der Waals surface area contributed by atoms with Crippen LogP contribution >= 0.6 is 0 Å². The molecule has 0 aliphatic heterocycles. The van der Waals surface area contributed by atoms with Gasteiger partial charge in [0.15, 0.2) is 0 Å². The Labute approximate surface area is 197 Å². The van der Waals surface area contributed by atoms with Gasteiger partial charge in [0.05, 0.1) is 6.61 Å². The third-order valence-corrected chi connectivity index (χ3v) is 9.50. The zero-order valence-electron chi connectivity index (χ0n) is 21.3. The summed E-state index contributed by atoms with van der Waals surface area (Å²) in [6.45, 7) is 6.81. The quantitative estimate of drug-likeness (QED) is 0.194. The number of unbranched alkanes of at least 4 members (excludes halogenated alkanes) is 3. The first kappa shape index (κ1) is 25.8. The maximum atomic E-state index is 13.0. The van der Waals surface area contributed by atoms with E-state index in [1.165, 1.54) is 77.0 Å². The Hall–Kier alpha value is -0.860. The molecule has 0 aromatic rings. The van der Waals surface area contributed by atoms with E-state index < -0.39 is 5.41 Å². The highest BCUT2D eigenvalue weighted by atomic mass is 16.5. The minimum Gasteiger partial charge on any atom is -0.465 e. The Bertz CT molecular complexity index is 583. The largest absolute Gasteiger partial charge is 0.465 e. The van der Waals surface area contributed by atoms with Gasteiger partial charge in [-0.1, -0.05) is 58.8 Å². The van der Waals surface area contributed by atoms with Crippen LogP contribution in [0.2, 0.25) is 0 Å². The Morgan fingerprint density at radius 1 is 0.812 bits per heavy atom. The molecule has 3 heteroatoms. The summed E-state index contributed by atoms with van der Waals surface area (Å²) in [7, 11) is 0. The summed E-state index contributed by atoms with van der Waals surface area (Å²) >= 11 is 0. The van der Waals surface area contributed by atoms with E-state index in [2.05, 4.69) is 13.8 Å². The molecule has 0 aromatic carbocycles. The molecule has 0 spiro atoms. The molecule has 2 atom stereocenters. The molecule has 0 amide bonds. The average molecular weight is 447 g/mol. The lowest BCUT2D eigenvalue weighted by atomic mass is 9.62. The second-order valence-electron chi connectivity index (χ2n) is 11.7. The SMILES string of the molecule is CCCCCCOC(=O)[C@@]1(C)CC[C@@H](C2CCC(C3CCC(CCC)CC3)CC2)CC1=O. The van der Waals surface area contributed by atoms with E-state index >= 15 is 0 Å². The van der Waals surface area contributed by atoms with Crippen molar-refractivity contribution in [3.8, 4) is 0 Å². The van der Waals surface area contributed by atoms with Crippen LogP contribution in [0.4, 0.5) is 0 Å². The maximum absolute atomic E-state index is 13.0. The van der Waals surface area contributed by atoms with Gasteiger partial charge in [-0.05, 0) is 94.3 Å². The fourth-order valence-corrected chi connectivity index (χ4v) is 7.09. The molecule has 32 heavy (non-hydrogen) atoms. The van der Waals surface area contributed by atoms with Crippen LogP contribution in [0.3, 0.4) is 0 Å². The summed E-state index contributed by atoms with van der Waals surface area (Å²) in [5.74, 6) is 3.96. The summed E-state index contributed by atoms with van der Waals surface area (Å²) in [5, 5.41) is 0. The highest BCUT2D eigenvalue weighted by Gasteiger charge is 2.47. The van der Waals surface area contributed by atoms with Crippen LogP contribution in [0, 0.1) is 35.0 Å². The number of Topliss-reactive ketones (excluding diaryl/α,β-unsaturated/α-hetero) is 1. The smallest absolute Gasteiger partial charge is 0.319 e. The minimum absolute atomic E-state index is 0.142. The van der Waals surface area contributed by atoms with E-state index in [0.717, 1.165) is 37.0 Å². The zero-order valence-corrected chi connectivity index (χ0v) is 21.3. The monoisotopic (exact) mass is 446 g/mol. The van der Waals surface area contributed by atoms with Crippen molar-refractivity contribution in [1.29, 1.82) is 0 Å². The zero-order chi connectivity index (χ0) is 23.0. The molecule has 0 aromatic heterocycles. The molecule has 0 radical (unpaired) electrons. The number of ether oxygens (including phenoxy) is 1. The van der Waals surface area contributed by atoms with Crippen LogP contribution in [0.15, 0.2) is 0 Å². The third-order valence-electron chi connectivity index (χ3n) is 9.50. The predicted molar refractivity (Wildman–Crippen MR) is 131 cm³/mol. The van der Waals surface area contributed by atoms with E-state index in [-0.39, 0.29) is 11.8 Å². The molecular weight excluding hydrogens is 396 g/mol. The molecule has 3 aliphatic rings. The molecule has 3 saturated carbocycles. The summed E-state index contributed by atoms with van der Waals surface area (Å²) in [6.07, 6.45) is 20.6. The van der Waals surface area contributed by atoms with Gasteiger partial charge in [0.1, 0.15) is 11.2 Å². The summed E-state index contributed by atoms with van der Waals surface area (Å²) < 4.78 is 5.53. The third kappa shape index (κ3) is 6.60. The van der Waals surface area contributed by atoms with Crippen molar-refractivity contribution >= 4 is 11.8 Å². The van der Waals surface area contributed by atoms with Crippen molar-refractivity contribution in [3.63, 3.8) is 0 Å². The fourth-order valence-electron chi connectivity index (χ4n) is 7.09. The van der Waals surface area contributed by atoms with E-state index in [1.807, 2.05) is 6.92 Å². The van der Waals surface area contributed by atoms with Gasteiger partial charge in [-0.2, -0.15) is 0 Å². The van der Waals surface area contributed by atoms with Crippen LogP contribution in [-0.2, 0) is 14.3 Å². The second-order valence-corrected chi connectivity index (χ2v) is 11.7. The second kappa shape index (κ2) is 12.6. The molecule has 3 fully saturated rings. The van der Waals surface area contributed by atoms with E-state index in [0.29, 0.717) is 31.3 Å². The van der Waals surface area contributed by atoms with E-state index in [4.69, 9.17) is 4.74 Å². The van der Waals surface area contributed by atoms with Crippen LogP contribution in [0.5, 0.6) is 0 Å². The van der Waals surface area contributed by atoms with Gasteiger partial charge in [0.2, 0.25) is 0 Å². The lowest BCUT2D eigenvalue weighted by Crippen LogP contribution is -2.44. The van der Waals surface area contributed by atoms with Crippen molar-refractivity contribution in [2.45, 2.75) is 130 Å². The summed E-state index contributed by atoms with van der Waals surface area (Å²) in [6, 6.07) is 0. The lowest BCUT2D eigenvalue weighted by molar-refractivity contribution is -0.162. The van der Waals surface area contributed by atoms with Crippen LogP contribution in [0.25, 0.3) is 0 Å². The van der Waals surface area contributed by atoms with Crippen molar-refractivity contribution in [2.75, 3.05) is 6.61 Å². The molecule has 0 unspecified atom stereocenters. The first-order valence-electron chi connectivity index (χ1n) is 14.2. The van der Waals surface area contributed by atoms with Gasteiger partial charge in [-0.3, -0.25) is 9.59 Å². The minimum atomic E-state index is -0.893. The molecule has 0 saturated heterocycles. The van der Waals surface area contributed by atoms with Gasteiger partial charge in [-0.15, -0.1) is 0 Å². The summed E-state index contributed by atoms with van der Waals surface area (Å²) in [5.41, 5.74) is -0.893. The Morgan fingerprint density at radius 3 is 1.97 bits per heavy atom. The average Bonchev–Trinajstić information content (AvgIpc) is 2.81. The topological polar surface area (TPSA) is 43.4 Å². The van der Waals surface area contributed by atoms with Crippen LogP contribution in [0.1, 0.15) is 130 Å². The van der Waals surface area contributed by atoms with Crippen molar-refractivity contribution < 1.29 is 14.3 Å². The number of esters is 1. The van der Waals surface area contributed by atoms with Crippen molar-refractivity contribution in [1.82, 2.24) is 0 Å². The van der Waals surface area contributed by atoms with Crippen LogP contribution < -0.4 is 0 Å². The molecule has 0 heterocycles. The predicted octanol–water partition coefficient (Wildman–Crippen LogP) is 7.90. The molecule has 0 bridgehead atoms. The van der Waals surface area contributed by atoms with E-state index in [9.17, 15) is 9.59 Å². The number of hydrogen-bond donors (Lipinski definition) is 0. The Kier molecular flexibility index (Phi) is 10.1. The molecule has 3 nitrogen and oxygen atoms in total. The Morgan fingerprint density at radius 2 is 1.41 bits per heavy atom. The maximum Gasteiger partial charge on any atom is 0.319 e. The highest BCUT2D eigenvalue weighted by Crippen LogP contribution is 2.47. The van der Waals surface area contributed by atoms with Gasteiger partial charge < -0.3 is 4.74 Å². The van der Waals surface area contributed by atoms with Crippen molar-refractivity contribution in [3.05, 3.63) is 0 Å². The number of rotatable bonds is 10. The molecule has 3 aliphatic carbocycles. The number of hydrogen-bond acceptors (Lipinski definition) is 3. The first-order valence-corrected chi connectivity index (χ1v) is 14.2. The number of carbonyl (C=O) groups is 2. The lowest BCUT2D eigenvalue weighted by Gasteiger charge is -2.42. The van der Waals surface area contributed by atoms with Crippen molar-refractivity contribution in [2.24, 2.45) is 35.0 Å². The molecular formula is C29H50O3. The van der Waals surface area contributed by atoms with Gasteiger partial charge in [0, 0.05) is 6.42 Å². The van der Waals surface area contributed by atoms with Gasteiger partial charge in [-0.25, -0.2) is 0 Å². The molecule has 184 valence electrons. The standard InChI is InChI=1S/C29H50O3/c1-4-6-7-8-20-32-28(31)29(3)19-18-26(21-27(29)30)25-16-14-24(15-17-25)23-12-10-22(9-5-2)11-13-23/h22-26H,4-21H2,1-3H3/t22?,23?,24?,25?,26-,29+/m1/s1. The van der Waals surface area contributed by atoms with Crippen LogP contribution in [-0.4, -0.2) is 18.4 Å².